The third-order valence-corrected chi connectivity index (χ3v) is 3.74. The molecule has 0 spiro atoms. The Bertz CT molecular complexity index is 628. The molecule has 1 fully saturated rings. The summed E-state index contributed by atoms with van der Waals surface area (Å²) >= 11 is 0. The van der Waals surface area contributed by atoms with Crippen LogP contribution in [0.15, 0.2) is 29.0 Å². The molecule has 2 aromatic rings. The van der Waals surface area contributed by atoms with Crippen molar-refractivity contribution in [3.8, 4) is 0 Å². The molecule has 0 unspecified atom stereocenters. The van der Waals surface area contributed by atoms with Crippen LogP contribution in [0.4, 0.5) is 5.69 Å². The van der Waals surface area contributed by atoms with Crippen LogP contribution in [-0.2, 0) is 11.2 Å². The Balaban J connectivity index is 1.62. The Hall–Kier alpha value is -2.28. The fourth-order valence-electron chi connectivity index (χ4n) is 2.68. The van der Waals surface area contributed by atoms with Crippen molar-refractivity contribution in [2.45, 2.75) is 32.2 Å². The van der Waals surface area contributed by atoms with Crippen molar-refractivity contribution in [1.82, 2.24) is 20.0 Å². The molecule has 0 saturated carbocycles. The molecule has 0 aromatic carbocycles. The Morgan fingerprint density at radius 3 is 3.18 bits per heavy atom. The molecule has 0 radical (unpaired) electrons. The summed E-state index contributed by atoms with van der Waals surface area (Å²) in [5.74, 6) is 1.27. The Morgan fingerprint density at radius 2 is 2.45 bits per heavy atom. The molecule has 1 saturated heterocycles. The highest BCUT2D eigenvalue weighted by Gasteiger charge is 2.31. The van der Waals surface area contributed by atoms with Gasteiger partial charge in [-0.25, -0.2) is 0 Å². The second kappa shape index (κ2) is 6.65. The van der Waals surface area contributed by atoms with Gasteiger partial charge in [0, 0.05) is 12.6 Å². The smallest absolute Gasteiger partial charge is 0.238 e. The molecule has 116 valence electrons. The summed E-state index contributed by atoms with van der Waals surface area (Å²) in [6, 6.07) is 3.67. The van der Waals surface area contributed by atoms with E-state index in [0.717, 1.165) is 25.8 Å². The zero-order valence-corrected chi connectivity index (χ0v) is 12.5. The number of pyridine rings is 1. The number of aromatic nitrogens is 3. The van der Waals surface area contributed by atoms with Crippen LogP contribution in [0.1, 0.15) is 37.5 Å². The monoisotopic (exact) mass is 301 g/mol. The van der Waals surface area contributed by atoms with Gasteiger partial charge in [-0.3, -0.25) is 14.7 Å². The van der Waals surface area contributed by atoms with Gasteiger partial charge >= 0.3 is 0 Å². The van der Waals surface area contributed by atoms with Crippen LogP contribution >= 0.6 is 0 Å². The molecular formula is C15H19N5O2. The number of hydrogen-bond donors (Lipinski definition) is 1. The molecule has 1 N–H and O–H groups in total. The van der Waals surface area contributed by atoms with Gasteiger partial charge in [0.25, 0.3) is 0 Å². The minimum Gasteiger partial charge on any atom is -0.339 e. The van der Waals surface area contributed by atoms with Crippen molar-refractivity contribution in [3.05, 3.63) is 36.2 Å². The van der Waals surface area contributed by atoms with E-state index in [0.29, 0.717) is 23.9 Å². The van der Waals surface area contributed by atoms with Crippen LogP contribution in [0, 0.1) is 0 Å². The molecule has 1 atom stereocenters. The van der Waals surface area contributed by atoms with E-state index in [4.69, 9.17) is 4.52 Å². The maximum atomic E-state index is 12.2. The van der Waals surface area contributed by atoms with E-state index in [2.05, 4.69) is 25.3 Å². The topological polar surface area (TPSA) is 84.2 Å². The molecule has 1 aliphatic rings. The first-order valence-electron chi connectivity index (χ1n) is 7.52. The van der Waals surface area contributed by atoms with Gasteiger partial charge in [0.05, 0.1) is 24.5 Å². The predicted octanol–water partition coefficient (Wildman–Crippen LogP) is 1.80. The van der Waals surface area contributed by atoms with E-state index in [1.54, 1.807) is 18.5 Å². The van der Waals surface area contributed by atoms with Crippen LogP contribution in [0.5, 0.6) is 0 Å². The molecular weight excluding hydrogens is 282 g/mol. The normalized spacial score (nSPS) is 18.5. The largest absolute Gasteiger partial charge is 0.339 e. The van der Waals surface area contributed by atoms with Gasteiger partial charge in [-0.05, 0) is 31.5 Å². The fraction of sp³-hybridized carbons (Fsp3) is 0.467. The minimum absolute atomic E-state index is 0.0564. The first-order valence-corrected chi connectivity index (χ1v) is 7.52. The summed E-state index contributed by atoms with van der Waals surface area (Å²) in [5.41, 5.74) is 0.705. The van der Waals surface area contributed by atoms with E-state index >= 15 is 0 Å². The Kier molecular flexibility index (Phi) is 4.43. The van der Waals surface area contributed by atoms with Gasteiger partial charge in [-0.2, -0.15) is 4.98 Å². The summed E-state index contributed by atoms with van der Waals surface area (Å²) in [6.07, 6.45) is 6.00. The van der Waals surface area contributed by atoms with E-state index in [1.807, 2.05) is 13.0 Å². The summed E-state index contributed by atoms with van der Waals surface area (Å²) in [7, 11) is 0. The van der Waals surface area contributed by atoms with Crippen molar-refractivity contribution in [2.24, 2.45) is 0 Å². The lowest BCUT2D eigenvalue weighted by Gasteiger charge is -2.21. The first kappa shape index (κ1) is 14.6. The lowest BCUT2D eigenvalue weighted by molar-refractivity contribution is -0.117. The number of nitrogens with zero attached hydrogens (tertiary/aromatic N) is 4. The predicted molar refractivity (Wildman–Crippen MR) is 80.1 cm³/mol. The number of anilines is 1. The number of likely N-dealkylation sites (tertiary alicyclic amines) is 1. The number of rotatable bonds is 5. The fourth-order valence-corrected chi connectivity index (χ4v) is 2.68. The van der Waals surface area contributed by atoms with E-state index in [9.17, 15) is 4.79 Å². The zero-order chi connectivity index (χ0) is 15.4. The van der Waals surface area contributed by atoms with Crippen LogP contribution in [0.3, 0.4) is 0 Å². The van der Waals surface area contributed by atoms with Gasteiger partial charge in [0.2, 0.25) is 11.8 Å². The molecule has 1 amide bonds. The molecule has 3 rings (SSSR count). The number of hydrogen-bond acceptors (Lipinski definition) is 6. The summed E-state index contributed by atoms with van der Waals surface area (Å²) in [5, 5.41) is 6.89. The molecule has 2 aromatic heterocycles. The zero-order valence-electron chi connectivity index (χ0n) is 12.5. The number of nitrogens with one attached hydrogen (secondary N) is 1. The summed E-state index contributed by atoms with van der Waals surface area (Å²) in [4.78, 5) is 22.6. The number of carbonyl (C=O) groups excluding carboxylic acids is 1. The second-order valence-corrected chi connectivity index (χ2v) is 5.32. The second-order valence-electron chi connectivity index (χ2n) is 5.32. The molecule has 1 aliphatic heterocycles. The van der Waals surface area contributed by atoms with Crippen molar-refractivity contribution >= 4 is 11.6 Å². The van der Waals surface area contributed by atoms with E-state index < -0.39 is 0 Å². The van der Waals surface area contributed by atoms with Crippen molar-refractivity contribution in [1.29, 1.82) is 0 Å². The molecule has 0 bridgehead atoms. The molecule has 7 heteroatoms. The maximum Gasteiger partial charge on any atom is 0.238 e. The van der Waals surface area contributed by atoms with Crippen LogP contribution in [0.2, 0.25) is 0 Å². The van der Waals surface area contributed by atoms with Gasteiger partial charge in [0.15, 0.2) is 5.82 Å². The average molecular weight is 301 g/mol. The standard InChI is InChI=1S/C15H19N5O2/c1-2-14-18-15(19-22-14)12-6-4-8-20(12)10-13(21)17-11-5-3-7-16-9-11/h3,5,7,9,12H,2,4,6,8,10H2,1H3,(H,17,21)/t12-/m1/s1. The highest BCUT2D eigenvalue weighted by atomic mass is 16.5. The first-order chi connectivity index (χ1) is 10.8. The molecule has 3 heterocycles. The van der Waals surface area contributed by atoms with Crippen molar-refractivity contribution in [2.75, 3.05) is 18.4 Å². The van der Waals surface area contributed by atoms with Crippen LogP contribution in [0.25, 0.3) is 0 Å². The number of aryl methyl sites for hydroxylation is 1. The maximum absolute atomic E-state index is 12.2. The molecule has 7 nitrogen and oxygen atoms in total. The summed E-state index contributed by atoms with van der Waals surface area (Å²) in [6.45, 7) is 3.15. The van der Waals surface area contributed by atoms with E-state index in [-0.39, 0.29) is 11.9 Å². The van der Waals surface area contributed by atoms with Crippen molar-refractivity contribution < 1.29 is 9.32 Å². The van der Waals surface area contributed by atoms with Gasteiger partial charge in [-0.15, -0.1) is 0 Å². The van der Waals surface area contributed by atoms with Gasteiger partial charge in [-0.1, -0.05) is 12.1 Å². The summed E-state index contributed by atoms with van der Waals surface area (Å²) < 4.78 is 5.18. The van der Waals surface area contributed by atoms with Crippen LogP contribution in [-0.4, -0.2) is 39.0 Å². The Morgan fingerprint density at radius 1 is 1.55 bits per heavy atom. The number of amides is 1. The average Bonchev–Trinajstić information content (AvgIpc) is 3.16. The lowest BCUT2D eigenvalue weighted by atomic mass is 10.2. The lowest BCUT2D eigenvalue weighted by Crippen LogP contribution is -2.33. The quantitative estimate of drug-likeness (QED) is 0.906. The number of carbonyl (C=O) groups is 1. The van der Waals surface area contributed by atoms with Gasteiger partial charge in [0.1, 0.15) is 0 Å². The Labute approximate surface area is 128 Å². The van der Waals surface area contributed by atoms with Crippen molar-refractivity contribution in [3.63, 3.8) is 0 Å². The molecule has 0 aliphatic carbocycles. The van der Waals surface area contributed by atoms with E-state index in [1.165, 1.54) is 0 Å². The van der Waals surface area contributed by atoms with Crippen LogP contribution < -0.4 is 5.32 Å². The van der Waals surface area contributed by atoms with Gasteiger partial charge < -0.3 is 9.84 Å². The highest BCUT2D eigenvalue weighted by molar-refractivity contribution is 5.92. The molecule has 22 heavy (non-hydrogen) atoms. The highest BCUT2D eigenvalue weighted by Crippen LogP contribution is 2.29. The minimum atomic E-state index is -0.0564. The third kappa shape index (κ3) is 3.30. The SMILES string of the molecule is CCc1nc([C@H]2CCCN2CC(=O)Nc2cccnc2)no1. The third-order valence-electron chi connectivity index (χ3n) is 3.74.